The molecule has 0 aliphatic heterocycles. The Morgan fingerprint density at radius 2 is 1.29 bits per heavy atom. The first-order chi connectivity index (χ1) is 24.2. The summed E-state index contributed by atoms with van der Waals surface area (Å²) in [4.78, 5) is 12.5. The number of unbranched alkanes of at least 4 members (excludes halogenated alkanes) is 11. The van der Waals surface area contributed by atoms with Gasteiger partial charge >= 0.3 is 0 Å². The van der Waals surface area contributed by atoms with E-state index < -0.39 is 0 Å². The number of carbonyl (C=O) groups excluding carboxylic acids is 1. The van der Waals surface area contributed by atoms with E-state index in [-0.39, 0.29) is 5.91 Å². The molecule has 1 saturated carbocycles. The molecule has 5 nitrogen and oxygen atoms in total. The lowest BCUT2D eigenvalue weighted by Gasteiger charge is -2.18. The van der Waals surface area contributed by atoms with Crippen LogP contribution in [0.15, 0.2) is 42.5 Å². The Bertz CT molecular complexity index is 1090. The first kappa shape index (κ1) is 40.9. The van der Waals surface area contributed by atoms with E-state index in [2.05, 4.69) is 47.9 Å². The van der Waals surface area contributed by atoms with Gasteiger partial charge in [-0.3, -0.25) is 4.79 Å². The fraction of sp³-hybridized carbons (Fsp3) is 0.705. The van der Waals surface area contributed by atoms with Gasteiger partial charge in [-0.2, -0.15) is 0 Å². The van der Waals surface area contributed by atoms with Crippen molar-refractivity contribution in [3.63, 3.8) is 0 Å². The standard InChI is InChI=1S/C44H72N2O3/c1-3-4-5-6-7-8-9-10-11-15-18-21-32-45-37-41-30-31-42(35-43(41)48-2)49-33-22-25-44(47)46-36-40-28-26-39(27-29-40)34-38-23-19-16-13-12-14-17-20-24-38/h26-31,35,38,45H,3-25,32-34,36-37H2,1-2H3,(H,46,47). The van der Waals surface area contributed by atoms with Crippen LogP contribution >= 0.6 is 0 Å². The first-order valence-electron chi connectivity index (χ1n) is 20.5. The summed E-state index contributed by atoms with van der Waals surface area (Å²) >= 11 is 0. The summed E-state index contributed by atoms with van der Waals surface area (Å²) in [6, 6.07) is 15.0. The number of benzene rings is 2. The molecule has 0 spiro atoms. The van der Waals surface area contributed by atoms with E-state index in [9.17, 15) is 4.79 Å². The molecule has 3 rings (SSSR count). The van der Waals surface area contributed by atoms with Crippen LogP contribution in [0.25, 0.3) is 0 Å². The Morgan fingerprint density at radius 1 is 0.694 bits per heavy atom. The second-order valence-electron chi connectivity index (χ2n) is 14.7. The number of methoxy groups -OCH3 is 1. The van der Waals surface area contributed by atoms with E-state index in [1.54, 1.807) is 7.11 Å². The highest BCUT2D eigenvalue weighted by molar-refractivity contribution is 5.75. The third kappa shape index (κ3) is 19.4. The number of hydrogen-bond acceptors (Lipinski definition) is 4. The van der Waals surface area contributed by atoms with Gasteiger partial charge in [0.1, 0.15) is 11.5 Å². The summed E-state index contributed by atoms with van der Waals surface area (Å²) in [5.74, 6) is 2.52. The lowest BCUT2D eigenvalue weighted by Crippen LogP contribution is -2.23. The van der Waals surface area contributed by atoms with Crippen LogP contribution in [0.4, 0.5) is 0 Å². The lowest BCUT2D eigenvalue weighted by molar-refractivity contribution is -0.121. The van der Waals surface area contributed by atoms with Crippen LogP contribution in [-0.4, -0.2) is 26.2 Å². The van der Waals surface area contributed by atoms with Crippen molar-refractivity contribution in [2.75, 3.05) is 20.3 Å². The summed E-state index contributed by atoms with van der Waals surface area (Å²) in [5, 5.41) is 6.66. The number of rotatable bonds is 25. The predicted molar refractivity (Wildman–Crippen MR) is 208 cm³/mol. The molecule has 276 valence electrons. The molecule has 0 heterocycles. The van der Waals surface area contributed by atoms with E-state index in [4.69, 9.17) is 9.47 Å². The molecule has 0 bridgehead atoms. The highest BCUT2D eigenvalue weighted by Gasteiger charge is 2.12. The Labute approximate surface area is 301 Å². The summed E-state index contributed by atoms with van der Waals surface area (Å²) in [5.41, 5.74) is 3.74. The van der Waals surface area contributed by atoms with Gasteiger partial charge in [0.2, 0.25) is 5.91 Å². The highest BCUT2D eigenvalue weighted by Crippen LogP contribution is 2.26. The number of amides is 1. The fourth-order valence-electron chi connectivity index (χ4n) is 7.21. The van der Waals surface area contributed by atoms with Crippen molar-refractivity contribution in [1.29, 1.82) is 0 Å². The molecule has 49 heavy (non-hydrogen) atoms. The summed E-state index contributed by atoms with van der Waals surface area (Å²) in [6.07, 6.45) is 31.4. The Kier molecular flexibility index (Phi) is 22.7. The third-order valence-corrected chi connectivity index (χ3v) is 10.4. The van der Waals surface area contributed by atoms with Gasteiger partial charge in [-0.15, -0.1) is 0 Å². The van der Waals surface area contributed by atoms with Gasteiger partial charge in [-0.05, 0) is 48.9 Å². The average molecular weight is 677 g/mol. The monoisotopic (exact) mass is 677 g/mol. The van der Waals surface area contributed by atoms with Crippen LogP contribution in [0, 0.1) is 5.92 Å². The number of nitrogens with one attached hydrogen (secondary N) is 2. The van der Waals surface area contributed by atoms with Crippen molar-refractivity contribution >= 4 is 5.91 Å². The Hall–Kier alpha value is -2.53. The van der Waals surface area contributed by atoms with Crippen molar-refractivity contribution in [2.45, 2.75) is 174 Å². The van der Waals surface area contributed by atoms with E-state index >= 15 is 0 Å². The average Bonchev–Trinajstić information content (AvgIpc) is 3.13. The molecule has 2 aromatic carbocycles. The molecular formula is C44H72N2O3. The van der Waals surface area contributed by atoms with Gasteiger partial charge in [0, 0.05) is 31.1 Å². The van der Waals surface area contributed by atoms with Crippen LogP contribution in [0.1, 0.15) is 171 Å². The van der Waals surface area contributed by atoms with Gasteiger partial charge in [-0.1, -0.05) is 166 Å². The Balaban J connectivity index is 1.21. The second-order valence-corrected chi connectivity index (χ2v) is 14.7. The molecule has 0 atom stereocenters. The Morgan fingerprint density at radius 3 is 1.92 bits per heavy atom. The zero-order valence-corrected chi connectivity index (χ0v) is 31.6. The maximum atomic E-state index is 12.5. The van der Waals surface area contributed by atoms with Crippen molar-refractivity contribution < 1.29 is 14.3 Å². The van der Waals surface area contributed by atoms with E-state index in [1.165, 1.54) is 147 Å². The molecule has 0 radical (unpaired) electrons. The lowest BCUT2D eigenvalue weighted by atomic mass is 9.87. The topological polar surface area (TPSA) is 59.6 Å². The quantitative estimate of drug-likeness (QED) is 0.103. The molecule has 5 heteroatoms. The number of carbonyl (C=O) groups is 1. The maximum absolute atomic E-state index is 12.5. The summed E-state index contributed by atoms with van der Waals surface area (Å²) in [7, 11) is 1.71. The zero-order chi connectivity index (χ0) is 34.6. The van der Waals surface area contributed by atoms with Crippen molar-refractivity contribution in [3.8, 4) is 11.5 Å². The van der Waals surface area contributed by atoms with Gasteiger partial charge in [0.15, 0.2) is 0 Å². The molecule has 1 amide bonds. The maximum Gasteiger partial charge on any atom is 0.220 e. The van der Waals surface area contributed by atoms with Gasteiger partial charge in [0.25, 0.3) is 0 Å². The van der Waals surface area contributed by atoms with Crippen molar-refractivity contribution in [2.24, 2.45) is 5.92 Å². The van der Waals surface area contributed by atoms with E-state index in [1.807, 2.05) is 12.1 Å². The molecule has 0 saturated heterocycles. The molecule has 0 unspecified atom stereocenters. The molecule has 2 aromatic rings. The van der Waals surface area contributed by atoms with E-state index in [0.717, 1.165) is 41.6 Å². The van der Waals surface area contributed by atoms with Crippen LogP contribution < -0.4 is 20.1 Å². The molecule has 1 fully saturated rings. The predicted octanol–water partition coefficient (Wildman–Crippen LogP) is 11.6. The van der Waals surface area contributed by atoms with Crippen molar-refractivity contribution in [1.82, 2.24) is 10.6 Å². The normalized spacial score (nSPS) is 14.4. The van der Waals surface area contributed by atoms with Crippen LogP contribution in [0.2, 0.25) is 0 Å². The molecular weight excluding hydrogens is 604 g/mol. The smallest absolute Gasteiger partial charge is 0.220 e. The fourth-order valence-corrected chi connectivity index (χ4v) is 7.21. The SMILES string of the molecule is CCCCCCCCCCCCCCNCc1ccc(OCCCC(=O)NCc2ccc(CC3CCCCCCCCC3)cc2)cc1OC. The van der Waals surface area contributed by atoms with Crippen LogP contribution in [-0.2, 0) is 24.3 Å². The van der Waals surface area contributed by atoms with Gasteiger partial charge in [0.05, 0.1) is 13.7 Å². The van der Waals surface area contributed by atoms with E-state index in [0.29, 0.717) is 26.0 Å². The minimum atomic E-state index is 0.0707. The van der Waals surface area contributed by atoms with Gasteiger partial charge < -0.3 is 20.1 Å². The number of ether oxygens (including phenoxy) is 2. The summed E-state index contributed by atoms with van der Waals surface area (Å²) in [6.45, 7) is 5.20. The molecule has 0 aromatic heterocycles. The van der Waals surface area contributed by atoms with Crippen LogP contribution in [0.5, 0.6) is 11.5 Å². The van der Waals surface area contributed by atoms with Gasteiger partial charge in [-0.25, -0.2) is 0 Å². The number of hydrogen-bond donors (Lipinski definition) is 2. The minimum Gasteiger partial charge on any atom is -0.496 e. The first-order valence-corrected chi connectivity index (χ1v) is 20.5. The second kappa shape index (κ2) is 27.2. The zero-order valence-electron chi connectivity index (χ0n) is 31.6. The molecule has 1 aliphatic carbocycles. The highest BCUT2D eigenvalue weighted by atomic mass is 16.5. The third-order valence-electron chi connectivity index (χ3n) is 10.4. The molecule has 1 aliphatic rings. The minimum absolute atomic E-state index is 0.0707. The summed E-state index contributed by atoms with van der Waals surface area (Å²) < 4.78 is 11.6. The van der Waals surface area contributed by atoms with Crippen LogP contribution in [0.3, 0.4) is 0 Å². The molecule has 2 N–H and O–H groups in total. The van der Waals surface area contributed by atoms with Crippen molar-refractivity contribution in [3.05, 3.63) is 59.2 Å². The largest absolute Gasteiger partial charge is 0.496 e.